The molecule has 0 radical (unpaired) electrons. The second kappa shape index (κ2) is 8.79. The number of likely N-dealkylation sites (tertiary alicyclic amines) is 1. The molecule has 3 heteroatoms. The molecule has 1 fully saturated rings. The largest absolute Gasteiger partial charge is 0.336 e. The molecule has 0 aromatic heterocycles. The van der Waals surface area contributed by atoms with E-state index in [9.17, 15) is 9.59 Å². The van der Waals surface area contributed by atoms with Crippen LogP contribution in [-0.2, 0) is 11.2 Å². The standard InChI is InChI=1S/C23H27NO2/c1-2-7-18-11-13-20(14-12-18)22(25)15-16-23(26)24-17-6-10-21(24)19-8-4-3-5-9-19/h3-5,8-9,11-14,21H,2,6-7,10,15-17H2,1H3. The summed E-state index contributed by atoms with van der Waals surface area (Å²) >= 11 is 0. The number of amides is 1. The average molecular weight is 349 g/mol. The van der Waals surface area contributed by atoms with E-state index in [-0.39, 0.29) is 24.2 Å². The van der Waals surface area contributed by atoms with Crippen molar-refractivity contribution in [3.63, 3.8) is 0 Å². The van der Waals surface area contributed by atoms with E-state index < -0.39 is 0 Å². The van der Waals surface area contributed by atoms with Crippen LogP contribution in [0.5, 0.6) is 0 Å². The van der Waals surface area contributed by atoms with Crippen LogP contribution in [0.4, 0.5) is 0 Å². The fourth-order valence-corrected chi connectivity index (χ4v) is 3.74. The minimum Gasteiger partial charge on any atom is -0.336 e. The first-order chi connectivity index (χ1) is 12.7. The van der Waals surface area contributed by atoms with Crippen LogP contribution in [0.3, 0.4) is 0 Å². The van der Waals surface area contributed by atoms with Crippen molar-refractivity contribution in [3.8, 4) is 0 Å². The van der Waals surface area contributed by atoms with Crippen molar-refractivity contribution in [1.82, 2.24) is 4.90 Å². The molecule has 26 heavy (non-hydrogen) atoms. The number of Topliss-reactive ketones (excluding diaryl/α,β-unsaturated/α-hetero) is 1. The van der Waals surface area contributed by atoms with Gasteiger partial charge in [0.15, 0.2) is 5.78 Å². The first kappa shape index (κ1) is 18.4. The van der Waals surface area contributed by atoms with Gasteiger partial charge in [-0.3, -0.25) is 9.59 Å². The fraction of sp³-hybridized carbons (Fsp3) is 0.391. The van der Waals surface area contributed by atoms with Crippen molar-refractivity contribution in [1.29, 1.82) is 0 Å². The Morgan fingerprint density at radius 2 is 1.73 bits per heavy atom. The monoisotopic (exact) mass is 349 g/mol. The highest BCUT2D eigenvalue weighted by molar-refractivity contribution is 5.98. The third-order valence-corrected chi connectivity index (χ3v) is 5.14. The minimum absolute atomic E-state index is 0.0526. The number of hydrogen-bond acceptors (Lipinski definition) is 2. The molecule has 2 aromatic carbocycles. The number of carbonyl (C=O) groups is 2. The van der Waals surface area contributed by atoms with Gasteiger partial charge in [-0.1, -0.05) is 67.9 Å². The summed E-state index contributed by atoms with van der Waals surface area (Å²) in [6.45, 7) is 2.93. The Bertz CT molecular complexity index is 737. The number of hydrogen-bond donors (Lipinski definition) is 0. The number of rotatable bonds is 7. The molecule has 0 aliphatic carbocycles. The van der Waals surface area contributed by atoms with Crippen molar-refractivity contribution in [2.24, 2.45) is 0 Å². The highest BCUT2D eigenvalue weighted by atomic mass is 16.2. The van der Waals surface area contributed by atoms with Crippen LogP contribution in [0.2, 0.25) is 0 Å². The van der Waals surface area contributed by atoms with Gasteiger partial charge in [-0.2, -0.15) is 0 Å². The molecule has 1 saturated heterocycles. The maximum atomic E-state index is 12.7. The van der Waals surface area contributed by atoms with Crippen LogP contribution < -0.4 is 0 Å². The molecule has 1 atom stereocenters. The van der Waals surface area contributed by atoms with Crippen LogP contribution in [0.15, 0.2) is 54.6 Å². The lowest BCUT2D eigenvalue weighted by molar-refractivity contribution is -0.132. The van der Waals surface area contributed by atoms with Crippen LogP contribution in [-0.4, -0.2) is 23.1 Å². The highest BCUT2D eigenvalue weighted by Gasteiger charge is 2.29. The number of benzene rings is 2. The van der Waals surface area contributed by atoms with E-state index in [0.717, 1.165) is 32.2 Å². The summed E-state index contributed by atoms with van der Waals surface area (Å²) in [6, 6.07) is 18.2. The number of carbonyl (C=O) groups excluding carboxylic acids is 2. The first-order valence-electron chi connectivity index (χ1n) is 9.65. The van der Waals surface area contributed by atoms with E-state index in [0.29, 0.717) is 12.0 Å². The average Bonchev–Trinajstić information content (AvgIpc) is 3.17. The Balaban J connectivity index is 1.57. The van der Waals surface area contributed by atoms with Crippen LogP contribution in [0, 0.1) is 0 Å². The van der Waals surface area contributed by atoms with Gasteiger partial charge in [0.05, 0.1) is 6.04 Å². The van der Waals surface area contributed by atoms with Gasteiger partial charge in [0, 0.05) is 24.9 Å². The van der Waals surface area contributed by atoms with Crippen LogP contribution in [0.1, 0.15) is 66.6 Å². The van der Waals surface area contributed by atoms with Crippen molar-refractivity contribution < 1.29 is 9.59 Å². The third-order valence-electron chi connectivity index (χ3n) is 5.14. The molecule has 0 N–H and O–H groups in total. The van der Waals surface area contributed by atoms with Crippen molar-refractivity contribution >= 4 is 11.7 Å². The Labute approximate surface area is 156 Å². The third kappa shape index (κ3) is 4.40. The summed E-state index contributed by atoms with van der Waals surface area (Å²) < 4.78 is 0. The Hall–Kier alpha value is -2.42. The quantitative estimate of drug-likeness (QED) is 0.662. The Morgan fingerprint density at radius 3 is 2.42 bits per heavy atom. The molecule has 1 aliphatic heterocycles. The summed E-state index contributed by atoms with van der Waals surface area (Å²) in [4.78, 5) is 27.0. The maximum Gasteiger partial charge on any atom is 0.223 e. The van der Waals surface area contributed by atoms with Crippen LogP contribution >= 0.6 is 0 Å². The van der Waals surface area contributed by atoms with E-state index in [2.05, 4.69) is 19.1 Å². The molecule has 0 saturated carbocycles. The number of aryl methyl sites for hydroxylation is 1. The fourth-order valence-electron chi connectivity index (χ4n) is 3.74. The molecule has 1 unspecified atom stereocenters. The lowest BCUT2D eigenvalue weighted by Gasteiger charge is -2.25. The Morgan fingerprint density at radius 1 is 1.00 bits per heavy atom. The smallest absolute Gasteiger partial charge is 0.223 e. The van der Waals surface area contributed by atoms with Gasteiger partial charge in [0.25, 0.3) is 0 Å². The topological polar surface area (TPSA) is 37.4 Å². The molecule has 3 nitrogen and oxygen atoms in total. The lowest BCUT2D eigenvalue weighted by Crippen LogP contribution is -2.30. The van der Waals surface area contributed by atoms with Gasteiger partial charge in [-0.15, -0.1) is 0 Å². The summed E-state index contributed by atoms with van der Waals surface area (Å²) in [7, 11) is 0. The van der Waals surface area contributed by atoms with Gasteiger partial charge in [0.1, 0.15) is 0 Å². The molecule has 0 bridgehead atoms. The summed E-state index contributed by atoms with van der Waals surface area (Å²) in [6.07, 6.45) is 4.73. The molecule has 1 heterocycles. The van der Waals surface area contributed by atoms with Crippen LogP contribution in [0.25, 0.3) is 0 Å². The Kier molecular flexibility index (Phi) is 6.21. The summed E-state index contributed by atoms with van der Waals surface area (Å²) in [5.41, 5.74) is 3.15. The van der Waals surface area contributed by atoms with E-state index in [1.807, 2.05) is 47.4 Å². The summed E-state index contributed by atoms with van der Waals surface area (Å²) in [5.74, 6) is 0.143. The van der Waals surface area contributed by atoms with Crippen molar-refractivity contribution in [2.45, 2.75) is 51.5 Å². The van der Waals surface area contributed by atoms with E-state index in [1.165, 1.54) is 11.1 Å². The summed E-state index contributed by atoms with van der Waals surface area (Å²) in [5, 5.41) is 0. The van der Waals surface area contributed by atoms with Gasteiger partial charge in [-0.05, 0) is 30.4 Å². The number of nitrogens with zero attached hydrogens (tertiary/aromatic N) is 1. The zero-order valence-corrected chi connectivity index (χ0v) is 15.5. The lowest BCUT2D eigenvalue weighted by atomic mass is 10.0. The molecular weight excluding hydrogens is 322 g/mol. The van der Waals surface area contributed by atoms with Crippen molar-refractivity contribution in [3.05, 3.63) is 71.3 Å². The molecule has 3 rings (SSSR count). The first-order valence-corrected chi connectivity index (χ1v) is 9.65. The zero-order valence-electron chi connectivity index (χ0n) is 15.5. The van der Waals surface area contributed by atoms with Gasteiger partial charge < -0.3 is 4.90 Å². The zero-order chi connectivity index (χ0) is 18.4. The predicted molar refractivity (Wildman–Crippen MR) is 104 cm³/mol. The normalized spacial score (nSPS) is 16.7. The van der Waals surface area contributed by atoms with Gasteiger partial charge >= 0.3 is 0 Å². The van der Waals surface area contributed by atoms with E-state index >= 15 is 0 Å². The second-order valence-electron chi connectivity index (χ2n) is 7.03. The highest BCUT2D eigenvalue weighted by Crippen LogP contribution is 2.32. The molecule has 2 aromatic rings. The molecular formula is C23H27NO2. The van der Waals surface area contributed by atoms with Gasteiger partial charge in [-0.25, -0.2) is 0 Å². The minimum atomic E-state index is 0.0526. The molecule has 136 valence electrons. The van der Waals surface area contributed by atoms with Crippen molar-refractivity contribution in [2.75, 3.05) is 6.54 Å². The number of ketones is 1. The molecule has 1 amide bonds. The SMILES string of the molecule is CCCc1ccc(C(=O)CCC(=O)N2CCCC2c2ccccc2)cc1. The van der Waals surface area contributed by atoms with Gasteiger partial charge in [0.2, 0.25) is 5.91 Å². The second-order valence-corrected chi connectivity index (χ2v) is 7.03. The van der Waals surface area contributed by atoms with E-state index in [4.69, 9.17) is 0 Å². The van der Waals surface area contributed by atoms with E-state index in [1.54, 1.807) is 0 Å². The predicted octanol–water partition coefficient (Wildman–Crippen LogP) is 4.97. The maximum absolute atomic E-state index is 12.7. The molecule has 1 aliphatic rings. The molecule has 0 spiro atoms.